The summed E-state index contributed by atoms with van der Waals surface area (Å²) in [7, 11) is 0. The number of rotatable bonds is 3. The van der Waals surface area contributed by atoms with Crippen molar-refractivity contribution < 1.29 is 4.79 Å². The van der Waals surface area contributed by atoms with Crippen LogP contribution in [-0.4, -0.2) is 25.1 Å². The van der Waals surface area contributed by atoms with E-state index in [1.54, 1.807) is 29.7 Å². The van der Waals surface area contributed by atoms with E-state index in [1.807, 2.05) is 30.3 Å². The average Bonchev–Trinajstić information content (AvgIpc) is 2.77. The third kappa shape index (κ3) is 3.17. The van der Waals surface area contributed by atoms with Gasteiger partial charge in [-0.05, 0) is 35.4 Å². The number of hydrogen-bond donors (Lipinski definition) is 0. The van der Waals surface area contributed by atoms with Crippen molar-refractivity contribution in [1.82, 2.24) is 14.9 Å². The fraction of sp³-hybridized carbons (Fsp3) is 0.0667. The molecule has 1 fully saturated rings. The molecule has 0 bridgehead atoms. The highest BCUT2D eigenvalue weighted by molar-refractivity contribution is 8.26. The van der Waals surface area contributed by atoms with Crippen molar-refractivity contribution in [3.63, 3.8) is 0 Å². The van der Waals surface area contributed by atoms with Crippen LogP contribution in [0.5, 0.6) is 0 Å². The van der Waals surface area contributed by atoms with Crippen LogP contribution in [0.1, 0.15) is 11.1 Å². The molecule has 21 heavy (non-hydrogen) atoms. The molecule has 0 saturated carbocycles. The number of aromatic nitrogens is 2. The summed E-state index contributed by atoms with van der Waals surface area (Å²) in [6.07, 6.45) is 8.65. The first-order chi connectivity index (χ1) is 10.2. The van der Waals surface area contributed by atoms with Crippen LogP contribution in [0, 0.1) is 0 Å². The molecule has 0 atom stereocenters. The maximum absolute atomic E-state index is 12.4. The Morgan fingerprint density at radius 1 is 1.19 bits per heavy atom. The minimum atomic E-state index is -0.0642. The standard InChI is InChI=1S/C15H11N3OS2/c19-14-13(8-12-2-1-5-17-9-12)21-15(20)18(14)10-11-3-6-16-7-4-11/h1-9H,10H2/b13-8+. The van der Waals surface area contributed by atoms with Gasteiger partial charge in [0.25, 0.3) is 5.91 Å². The second-order valence-corrected chi connectivity index (χ2v) is 6.09. The zero-order valence-corrected chi connectivity index (χ0v) is 12.6. The molecule has 0 N–H and O–H groups in total. The molecule has 2 aromatic rings. The summed E-state index contributed by atoms with van der Waals surface area (Å²) in [5.41, 5.74) is 1.89. The number of nitrogens with zero attached hydrogens (tertiary/aromatic N) is 3. The zero-order chi connectivity index (χ0) is 14.7. The summed E-state index contributed by atoms with van der Waals surface area (Å²) in [6.45, 7) is 0.470. The molecule has 3 heterocycles. The lowest BCUT2D eigenvalue weighted by Crippen LogP contribution is -2.27. The Morgan fingerprint density at radius 2 is 2.00 bits per heavy atom. The molecule has 3 rings (SSSR count). The van der Waals surface area contributed by atoms with Gasteiger partial charge in [0.15, 0.2) is 0 Å². The number of carbonyl (C=O) groups is 1. The second-order valence-electron chi connectivity index (χ2n) is 4.41. The van der Waals surface area contributed by atoms with E-state index in [2.05, 4.69) is 9.97 Å². The van der Waals surface area contributed by atoms with Crippen molar-refractivity contribution in [2.75, 3.05) is 0 Å². The van der Waals surface area contributed by atoms with Gasteiger partial charge in [-0.25, -0.2) is 0 Å². The van der Waals surface area contributed by atoms with Crippen LogP contribution >= 0.6 is 24.0 Å². The summed E-state index contributed by atoms with van der Waals surface area (Å²) in [5, 5.41) is 0. The normalized spacial score (nSPS) is 16.8. The minimum absolute atomic E-state index is 0.0642. The second kappa shape index (κ2) is 6.15. The molecule has 0 aromatic carbocycles. The van der Waals surface area contributed by atoms with Gasteiger partial charge in [0, 0.05) is 24.8 Å². The molecular formula is C15H11N3OS2. The predicted molar refractivity (Wildman–Crippen MR) is 87.2 cm³/mol. The first kappa shape index (κ1) is 13.9. The van der Waals surface area contributed by atoms with E-state index >= 15 is 0 Å². The number of pyridine rings is 2. The first-order valence-electron chi connectivity index (χ1n) is 6.28. The Balaban J connectivity index is 1.81. The lowest BCUT2D eigenvalue weighted by atomic mass is 10.2. The molecule has 1 aliphatic rings. The third-order valence-corrected chi connectivity index (χ3v) is 4.32. The fourth-order valence-corrected chi connectivity index (χ4v) is 3.17. The SMILES string of the molecule is O=C1/C(=C\c2cccnc2)SC(=S)N1Cc1ccncc1. The van der Waals surface area contributed by atoms with E-state index in [9.17, 15) is 4.79 Å². The summed E-state index contributed by atoms with van der Waals surface area (Å²) >= 11 is 6.63. The van der Waals surface area contributed by atoms with E-state index in [4.69, 9.17) is 12.2 Å². The van der Waals surface area contributed by atoms with Crippen molar-refractivity contribution in [3.05, 3.63) is 65.1 Å². The van der Waals surface area contributed by atoms with Crippen LogP contribution in [0.3, 0.4) is 0 Å². The molecule has 2 aromatic heterocycles. The van der Waals surface area contributed by atoms with Gasteiger partial charge in [0.1, 0.15) is 4.32 Å². The minimum Gasteiger partial charge on any atom is -0.288 e. The van der Waals surface area contributed by atoms with Crippen LogP contribution in [0.4, 0.5) is 0 Å². The number of thioether (sulfide) groups is 1. The van der Waals surface area contributed by atoms with Crippen molar-refractivity contribution in [1.29, 1.82) is 0 Å². The van der Waals surface area contributed by atoms with E-state index < -0.39 is 0 Å². The van der Waals surface area contributed by atoms with Crippen molar-refractivity contribution >= 4 is 40.3 Å². The Bertz CT molecular complexity index is 701. The summed E-state index contributed by atoms with van der Waals surface area (Å²) in [5.74, 6) is -0.0642. The number of hydrogen-bond acceptors (Lipinski definition) is 5. The fourth-order valence-electron chi connectivity index (χ4n) is 1.92. The molecule has 0 radical (unpaired) electrons. The van der Waals surface area contributed by atoms with E-state index in [-0.39, 0.29) is 5.91 Å². The predicted octanol–water partition coefficient (Wildman–Crippen LogP) is 2.88. The molecule has 1 amide bonds. The van der Waals surface area contributed by atoms with Crippen LogP contribution < -0.4 is 0 Å². The summed E-state index contributed by atoms with van der Waals surface area (Å²) in [6, 6.07) is 7.50. The van der Waals surface area contributed by atoms with Gasteiger partial charge in [-0.1, -0.05) is 30.0 Å². The number of carbonyl (C=O) groups excluding carboxylic acids is 1. The third-order valence-electron chi connectivity index (χ3n) is 2.95. The molecule has 6 heteroatoms. The van der Waals surface area contributed by atoms with Gasteiger partial charge in [-0.3, -0.25) is 19.7 Å². The molecule has 104 valence electrons. The van der Waals surface area contributed by atoms with Gasteiger partial charge in [-0.2, -0.15) is 0 Å². The van der Waals surface area contributed by atoms with Gasteiger partial charge < -0.3 is 0 Å². The van der Waals surface area contributed by atoms with Gasteiger partial charge in [-0.15, -0.1) is 0 Å². The van der Waals surface area contributed by atoms with Gasteiger partial charge >= 0.3 is 0 Å². The maximum Gasteiger partial charge on any atom is 0.266 e. The van der Waals surface area contributed by atoms with Crippen LogP contribution in [0.2, 0.25) is 0 Å². The van der Waals surface area contributed by atoms with Crippen LogP contribution in [0.25, 0.3) is 6.08 Å². The van der Waals surface area contributed by atoms with Gasteiger partial charge in [0.05, 0.1) is 11.4 Å². The Labute approximate surface area is 131 Å². The molecular weight excluding hydrogens is 302 g/mol. The molecule has 1 saturated heterocycles. The maximum atomic E-state index is 12.4. The molecule has 0 unspecified atom stereocenters. The monoisotopic (exact) mass is 313 g/mol. The van der Waals surface area contributed by atoms with Crippen molar-refractivity contribution in [3.8, 4) is 0 Å². The van der Waals surface area contributed by atoms with Crippen LogP contribution in [-0.2, 0) is 11.3 Å². The van der Waals surface area contributed by atoms with E-state index in [0.29, 0.717) is 15.8 Å². The van der Waals surface area contributed by atoms with E-state index in [0.717, 1.165) is 11.1 Å². The Kier molecular flexibility index (Phi) is 4.08. The van der Waals surface area contributed by atoms with Crippen LogP contribution in [0.15, 0.2) is 54.0 Å². The highest BCUT2D eigenvalue weighted by atomic mass is 32.2. The van der Waals surface area contributed by atoms with Gasteiger partial charge in [0.2, 0.25) is 0 Å². The van der Waals surface area contributed by atoms with Crippen molar-refractivity contribution in [2.24, 2.45) is 0 Å². The first-order valence-corrected chi connectivity index (χ1v) is 7.51. The highest BCUT2D eigenvalue weighted by Gasteiger charge is 2.31. The Morgan fingerprint density at radius 3 is 2.71 bits per heavy atom. The number of amides is 1. The van der Waals surface area contributed by atoms with Crippen molar-refractivity contribution in [2.45, 2.75) is 6.54 Å². The smallest absolute Gasteiger partial charge is 0.266 e. The molecule has 0 spiro atoms. The Hall–Kier alpha value is -2.05. The molecule has 1 aliphatic heterocycles. The van der Waals surface area contributed by atoms with E-state index in [1.165, 1.54) is 11.8 Å². The largest absolute Gasteiger partial charge is 0.288 e. The number of thiocarbonyl (C=S) groups is 1. The summed E-state index contributed by atoms with van der Waals surface area (Å²) in [4.78, 5) is 22.7. The highest BCUT2D eigenvalue weighted by Crippen LogP contribution is 2.33. The quantitative estimate of drug-likeness (QED) is 0.644. The lowest BCUT2D eigenvalue weighted by Gasteiger charge is -2.14. The topological polar surface area (TPSA) is 46.1 Å². The zero-order valence-electron chi connectivity index (χ0n) is 11.0. The lowest BCUT2D eigenvalue weighted by molar-refractivity contribution is -0.122. The summed E-state index contributed by atoms with van der Waals surface area (Å²) < 4.78 is 0.576. The molecule has 0 aliphatic carbocycles. The molecule has 4 nitrogen and oxygen atoms in total. The average molecular weight is 313 g/mol.